The molecular weight excluding hydrogens is 1140 g/mol. The van der Waals surface area contributed by atoms with Crippen molar-refractivity contribution in [3.8, 4) is 0 Å². The van der Waals surface area contributed by atoms with E-state index in [1.54, 1.807) is 46.1 Å². The van der Waals surface area contributed by atoms with Crippen LogP contribution in [0.3, 0.4) is 0 Å². The second kappa shape index (κ2) is 31.1. The van der Waals surface area contributed by atoms with Gasteiger partial charge in [-0.2, -0.15) is 0 Å². The summed E-state index contributed by atoms with van der Waals surface area (Å²) in [5, 5.41) is 34.6. The minimum absolute atomic E-state index is 0.0133. The molecule has 6 aliphatic rings. The molecule has 23 nitrogen and oxygen atoms in total. The molecule has 3 saturated heterocycles. The summed E-state index contributed by atoms with van der Waals surface area (Å²) in [5.74, 6) is -7.78. The molecule has 2 aromatic rings. The Kier molecular flexibility index (Phi) is 24.0. The molecule has 0 spiro atoms. The van der Waals surface area contributed by atoms with Crippen LogP contribution in [0.5, 0.6) is 0 Å². The van der Waals surface area contributed by atoms with Crippen molar-refractivity contribution in [2.24, 2.45) is 35.3 Å². The number of cyclic esters (lactones) is 1. The Morgan fingerprint density at radius 2 is 1.49 bits per heavy atom. The molecule has 488 valence electrons. The number of Topliss-reactive ketones (excluding diaryl/α,β-unsaturated/α-hetero) is 3. The number of rotatable bonds is 8. The lowest BCUT2D eigenvalue weighted by molar-refractivity contribution is -0.265. The van der Waals surface area contributed by atoms with Crippen LogP contribution in [0.2, 0.25) is 0 Å². The molecule has 4 fully saturated rings. The van der Waals surface area contributed by atoms with Crippen LogP contribution >= 0.6 is 0 Å². The zero-order valence-corrected chi connectivity index (χ0v) is 53.4. The Hall–Kier alpha value is -6.34. The maximum absolute atomic E-state index is 14.7. The second-order valence-corrected chi connectivity index (χ2v) is 25.8. The lowest BCUT2D eigenvalue weighted by atomic mass is 9.80. The summed E-state index contributed by atoms with van der Waals surface area (Å²) in [7, 11) is 3.11. The van der Waals surface area contributed by atoms with Crippen LogP contribution in [0.4, 0.5) is 16.7 Å². The number of aliphatic hydroxyl groups is 3. The highest BCUT2D eigenvalue weighted by Gasteiger charge is 2.53. The van der Waals surface area contributed by atoms with Gasteiger partial charge < -0.3 is 64.3 Å². The van der Waals surface area contributed by atoms with E-state index in [2.05, 4.69) is 19.8 Å². The van der Waals surface area contributed by atoms with E-state index in [1.165, 1.54) is 13.0 Å². The number of aromatic nitrogens is 4. The molecule has 5 aliphatic heterocycles. The van der Waals surface area contributed by atoms with Gasteiger partial charge in [-0.1, -0.05) is 64.2 Å². The molecule has 7 heterocycles. The van der Waals surface area contributed by atoms with E-state index >= 15 is 0 Å². The first-order valence-corrected chi connectivity index (χ1v) is 32.0. The molecular formula is C66H95N9O14. The van der Waals surface area contributed by atoms with Gasteiger partial charge in [0.1, 0.15) is 36.2 Å². The van der Waals surface area contributed by atoms with Gasteiger partial charge in [-0.15, -0.1) is 0 Å². The number of fused-ring (bicyclic) bond motifs is 4. The molecule has 2 aromatic heterocycles. The van der Waals surface area contributed by atoms with Gasteiger partial charge in [-0.3, -0.25) is 19.2 Å². The van der Waals surface area contributed by atoms with Gasteiger partial charge in [0.25, 0.3) is 11.7 Å². The summed E-state index contributed by atoms with van der Waals surface area (Å²) < 4.78 is 30.4. The smallest absolute Gasteiger partial charge is 0.410 e. The molecule has 5 N–H and O–H groups in total. The third-order valence-electron chi connectivity index (χ3n) is 19.0. The lowest BCUT2D eigenvalue weighted by Crippen LogP contribution is -2.61. The number of carbonyl (C=O) groups is 6. The summed E-state index contributed by atoms with van der Waals surface area (Å²) in [6.45, 7) is 15.8. The van der Waals surface area contributed by atoms with Crippen LogP contribution in [0.15, 0.2) is 66.2 Å². The summed E-state index contributed by atoms with van der Waals surface area (Å²) >= 11 is 0. The fraction of sp³-hybridized carbons (Fsp3) is 0.667. The SMILES string of the molecule is CO[C@H]1C[C@@H]2CC[C@@H](C)[C@@](O)(O2)C(=O)C(=O)N2CCCC[C@H]2C(=O)O[C@H]([C@H](N)C[C@@H]2CC[C@@H](OC(=O)N3CCc4nc(N5CCN(c6ncc(C)cn6)CC5)ncc4C3)[C@H](OC)C2)CC(=O)[C@H](C)/C=C(\C)[C@@H](O)[C@@H](O)C(=O)[C@H](C)C[C@H](C)/C=C/C=CC=C1C. The maximum Gasteiger partial charge on any atom is 0.410 e. The van der Waals surface area contributed by atoms with E-state index in [0.717, 1.165) is 40.4 Å². The molecule has 0 unspecified atom stereocenters. The van der Waals surface area contributed by atoms with E-state index in [0.29, 0.717) is 89.3 Å². The summed E-state index contributed by atoms with van der Waals surface area (Å²) in [6, 6.07) is -2.21. The van der Waals surface area contributed by atoms with Gasteiger partial charge >= 0.3 is 12.1 Å². The summed E-state index contributed by atoms with van der Waals surface area (Å²) in [6.07, 6.45) is 13.3. The third-order valence-corrected chi connectivity index (χ3v) is 19.0. The van der Waals surface area contributed by atoms with Crippen molar-refractivity contribution in [3.63, 3.8) is 0 Å². The highest BCUT2D eigenvalue weighted by Crippen LogP contribution is 2.38. The van der Waals surface area contributed by atoms with Crippen molar-refractivity contribution in [1.29, 1.82) is 0 Å². The molecule has 89 heavy (non-hydrogen) atoms. The van der Waals surface area contributed by atoms with E-state index in [-0.39, 0.29) is 56.2 Å². The first-order chi connectivity index (χ1) is 42.5. The molecule has 8 rings (SSSR count). The largest absolute Gasteiger partial charge is 0.459 e. The van der Waals surface area contributed by atoms with Crippen LogP contribution in [0, 0.1) is 36.5 Å². The van der Waals surface area contributed by atoms with E-state index in [9.17, 15) is 44.1 Å². The number of esters is 1. The van der Waals surface area contributed by atoms with Gasteiger partial charge in [-0.25, -0.2) is 29.5 Å². The predicted octanol–water partition coefficient (Wildman–Crippen LogP) is 5.64. The number of nitrogens with two attached hydrogens (primary N) is 1. The molecule has 0 radical (unpaired) electrons. The number of carbonyl (C=O) groups excluding carboxylic acids is 6. The quantitative estimate of drug-likeness (QED) is 0.141. The van der Waals surface area contributed by atoms with Crippen molar-refractivity contribution in [2.45, 2.75) is 199 Å². The van der Waals surface area contributed by atoms with Crippen molar-refractivity contribution in [1.82, 2.24) is 29.7 Å². The number of anilines is 2. The Balaban J connectivity index is 0.951. The minimum Gasteiger partial charge on any atom is -0.459 e. The zero-order chi connectivity index (χ0) is 64.3. The molecule has 0 aromatic carbocycles. The third kappa shape index (κ3) is 17.2. The van der Waals surface area contributed by atoms with Crippen molar-refractivity contribution >= 4 is 47.2 Å². The lowest BCUT2D eigenvalue weighted by Gasteiger charge is -2.42. The number of aliphatic hydroxyl groups excluding tert-OH is 2. The van der Waals surface area contributed by atoms with Crippen molar-refractivity contribution in [3.05, 3.63) is 83.0 Å². The number of ether oxygens (including phenoxy) is 5. The molecule has 1 aliphatic carbocycles. The highest BCUT2D eigenvalue weighted by molar-refractivity contribution is 6.39. The number of nitrogens with zero attached hydrogens (tertiary/aromatic N) is 8. The summed E-state index contributed by atoms with van der Waals surface area (Å²) in [5.41, 5.74) is 10.8. The van der Waals surface area contributed by atoms with Crippen LogP contribution < -0.4 is 15.5 Å². The molecule has 2 bridgehead atoms. The van der Waals surface area contributed by atoms with Crippen LogP contribution in [-0.4, -0.2) is 194 Å². The van der Waals surface area contributed by atoms with E-state index in [4.69, 9.17) is 39.4 Å². The number of piperidine rings is 1. The fourth-order valence-electron chi connectivity index (χ4n) is 13.3. The van der Waals surface area contributed by atoms with E-state index in [1.807, 2.05) is 63.5 Å². The maximum atomic E-state index is 14.7. The number of hydrogen-bond donors (Lipinski definition) is 4. The molecule has 15 atom stereocenters. The van der Waals surface area contributed by atoms with Crippen molar-refractivity contribution < 1.29 is 67.8 Å². The average molecular weight is 1240 g/mol. The Labute approximate surface area is 523 Å². The molecule has 23 heteroatoms. The van der Waals surface area contributed by atoms with Gasteiger partial charge in [0.15, 0.2) is 5.78 Å². The number of aryl methyl sites for hydroxylation is 1. The Morgan fingerprint density at radius 1 is 0.787 bits per heavy atom. The number of piperazine rings is 1. The Bertz CT molecular complexity index is 2930. The average Bonchev–Trinajstić information content (AvgIpc) is 2.44. The minimum atomic E-state index is -2.50. The van der Waals surface area contributed by atoms with Crippen LogP contribution in [0.1, 0.15) is 135 Å². The Morgan fingerprint density at radius 3 is 2.20 bits per heavy atom. The number of methoxy groups -OCH3 is 2. The normalized spacial score (nSPS) is 33.5. The summed E-state index contributed by atoms with van der Waals surface area (Å²) in [4.78, 5) is 111. The van der Waals surface area contributed by atoms with Gasteiger partial charge in [0.2, 0.25) is 17.7 Å². The first-order valence-electron chi connectivity index (χ1n) is 32.0. The number of allylic oxidation sites excluding steroid dienone is 6. The monoisotopic (exact) mass is 1240 g/mol. The predicted molar refractivity (Wildman–Crippen MR) is 331 cm³/mol. The number of hydrogen-bond acceptors (Lipinski definition) is 21. The standard InChI is InChI=1S/C66H95N9O14/c1-39-15-11-10-12-16-41(3)54(85-8)33-48-20-18-45(7)66(84,89-48)60(80)61(81)75-23-14-13-17-51(75)62(82)87-55(34-52(76)42(4)30-44(6)58(78)59(79)57(77)43(5)29-39)49(67)31-46-19-21-53(56(32-46)86-9)88-65(83)74-24-22-50-47(38-74)37-70-64(71-50)73-27-25-72(26-28-73)63-68-35-40(2)36-69-63/h10-12,15-16,30,35-37,39,42-43,45-46,48-49,51,53-56,58-59,78-79,84H,13-14,17-29,31-34,38,67H2,1-9H3/b12-10?,15-11+,41-16?,44-30+/t39-,42-,43-,45-,46+,48+,49-,51+,53-,54+,55+,56-,58-,59+,66-/m1/s1. The van der Waals surface area contributed by atoms with Gasteiger partial charge in [0, 0.05) is 121 Å². The van der Waals surface area contributed by atoms with Gasteiger partial charge in [-0.05, 0) is 114 Å². The first kappa shape index (κ1) is 68.6. The molecule has 2 amide bonds. The van der Waals surface area contributed by atoms with Crippen LogP contribution in [0.25, 0.3) is 0 Å². The second-order valence-electron chi connectivity index (χ2n) is 25.8. The van der Waals surface area contributed by atoms with E-state index < -0.39 is 114 Å². The van der Waals surface area contributed by atoms with Gasteiger partial charge in [0.05, 0.1) is 30.6 Å². The topological polar surface area (TPSA) is 300 Å². The fourth-order valence-corrected chi connectivity index (χ4v) is 13.3. The van der Waals surface area contributed by atoms with Crippen molar-refractivity contribution in [2.75, 3.05) is 63.3 Å². The number of amides is 2. The highest BCUT2D eigenvalue weighted by atomic mass is 16.6. The molecule has 1 saturated carbocycles. The van der Waals surface area contributed by atoms with Crippen LogP contribution in [-0.2, 0) is 60.6 Å². The number of ketones is 3. The zero-order valence-electron chi connectivity index (χ0n) is 53.4.